The number of ether oxygens (including phenoxy) is 1. The molecule has 1 N–H and O–H groups in total. The maximum Gasteiger partial charge on any atom is 0.264 e. The van der Waals surface area contributed by atoms with E-state index < -0.39 is 26.0 Å². The molecular weight excluding hydrogens is 538 g/mol. The van der Waals surface area contributed by atoms with E-state index in [1.165, 1.54) is 58.2 Å². The van der Waals surface area contributed by atoms with Gasteiger partial charge in [0.1, 0.15) is 5.75 Å². The number of aryl methyl sites for hydroxylation is 1. The summed E-state index contributed by atoms with van der Waals surface area (Å²) in [7, 11) is -6.09. The van der Waals surface area contributed by atoms with Crippen molar-refractivity contribution >= 4 is 37.3 Å². The van der Waals surface area contributed by atoms with E-state index >= 15 is 0 Å². The second-order valence-electron chi connectivity index (χ2n) is 9.61. The van der Waals surface area contributed by atoms with Crippen LogP contribution >= 0.6 is 0 Å². The number of hydrogen-bond acceptors (Lipinski definition) is 6. The van der Waals surface area contributed by atoms with Gasteiger partial charge in [-0.3, -0.25) is 9.10 Å². The zero-order valence-electron chi connectivity index (χ0n) is 21.7. The van der Waals surface area contributed by atoms with Crippen molar-refractivity contribution in [3.63, 3.8) is 0 Å². The number of hydrogen-bond donors (Lipinski definition) is 1. The Kier molecular flexibility index (Phi) is 7.66. The molecule has 2 heterocycles. The van der Waals surface area contributed by atoms with Gasteiger partial charge < -0.3 is 10.1 Å². The van der Waals surface area contributed by atoms with Gasteiger partial charge in [0.25, 0.3) is 15.9 Å². The second-order valence-corrected chi connectivity index (χ2v) is 13.4. The highest BCUT2D eigenvalue weighted by Gasteiger charge is 2.30. The minimum Gasteiger partial charge on any atom is -0.495 e. The zero-order chi connectivity index (χ0) is 27.6. The number of sulfonamides is 2. The number of rotatable bonds is 7. The molecule has 0 unspecified atom stereocenters. The molecule has 0 spiro atoms. The van der Waals surface area contributed by atoms with Gasteiger partial charge in [-0.25, -0.2) is 16.8 Å². The van der Waals surface area contributed by atoms with Gasteiger partial charge in [0, 0.05) is 25.2 Å². The average molecular weight is 570 g/mol. The van der Waals surface area contributed by atoms with Crippen molar-refractivity contribution in [2.75, 3.05) is 36.4 Å². The Bertz CT molecular complexity index is 1580. The Morgan fingerprint density at radius 2 is 1.49 bits per heavy atom. The lowest BCUT2D eigenvalue weighted by molar-refractivity contribution is 0.102. The van der Waals surface area contributed by atoms with Crippen molar-refractivity contribution in [3.8, 4) is 5.75 Å². The molecule has 39 heavy (non-hydrogen) atoms. The molecule has 0 atom stereocenters. The summed E-state index contributed by atoms with van der Waals surface area (Å²) in [6.45, 7) is 1.32. The van der Waals surface area contributed by atoms with Crippen LogP contribution in [0.3, 0.4) is 0 Å². The summed E-state index contributed by atoms with van der Waals surface area (Å²) in [5.41, 5.74) is 2.10. The monoisotopic (exact) mass is 569 g/mol. The van der Waals surface area contributed by atoms with Crippen molar-refractivity contribution in [1.29, 1.82) is 0 Å². The number of para-hydroxylation sites is 1. The third-order valence-corrected chi connectivity index (χ3v) is 10.9. The summed E-state index contributed by atoms with van der Waals surface area (Å²) in [5, 5.41) is 2.72. The van der Waals surface area contributed by atoms with Crippen LogP contribution in [-0.2, 0) is 26.5 Å². The highest BCUT2D eigenvalue weighted by atomic mass is 32.2. The van der Waals surface area contributed by atoms with Crippen LogP contribution in [0, 0.1) is 0 Å². The number of methoxy groups -OCH3 is 1. The van der Waals surface area contributed by atoms with Gasteiger partial charge in [-0.15, -0.1) is 0 Å². The largest absolute Gasteiger partial charge is 0.495 e. The van der Waals surface area contributed by atoms with Gasteiger partial charge in [0.2, 0.25) is 10.0 Å². The number of carbonyl (C=O) groups excluding carboxylic acids is 1. The number of nitrogens with zero attached hydrogens (tertiary/aromatic N) is 2. The maximum absolute atomic E-state index is 13.4. The summed E-state index contributed by atoms with van der Waals surface area (Å²) in [5.74, 6) is -0.211. The maximum atomic E-state index is 13.4. The Labute approximate surface area is 229 Å². The lowest BCUT2D eigenvalue weighted by atomic mass is 10.0. The van der Waals surface area contributed by atoms with E-state index in [0.29, 0.717) is 31.1 Å². The van der Waals surface area contributed by atoms with Gasteiger partial charge in [-0.05, 0) is 79.8 Å². The van der Waals surface area contributed by atoms with Crippen LogP contribution in [0.1, 0.15) is 41.6 Å². The van der Waals surface area contributed by atoms with Crippen LogP contribution in [0.4, 0.5) is 11.4 Å². The number of amides is 1. The molecule has 3 aromatic carbocycles. The molecule has 1 fully saturated rings. The van der Waals surface area contributed by atoms with Crippen molar-refractivity contribution in [3.05, 3.63) is 77.9 Å². The van der Waals surface area contributed by atoms with E-state index in [0.717, 1.165) is 37.7 Å². The quantitative estimate of drug-likeness (QED) is 0.455. The zero-order valence-corrected chi connectivity index (χ0v) is 23.3. The van der Waals surface area contributed by atoms with E-state index in [1.807, 2.05) is 18.2 Å². The van der Waals surface area contributed by atoms with E-state index in [-0.39, 0.29) is 21.0 Å². The molecule has 0 aliphatic carbocycles. The molecule has 9 nitrogen and oxygen atoms in total. The highest BCUT2D eigenvalue weighted by Crippen LogP contribution is 2.33. The first-order valence-electron chi connectivity index (χ1n) is 12.9. The lowest BCUT2D eigenvalue weighted by Crippen LogP contribution is -2.35. The van der Waals surface area contributed by atoms with Gasteiger partial charge in [0.05, 0.1) is 28.3 Å². The fourth-order valence-corrected chi connectivity index (χ4v) is 8.13. The van der Waals surface area contributed by atoms with E-state index in [9.17, 15) is 21.6 Å². The number of fused-ring (bicyclic) bond motifs is 1. The molecule has 2 aliphatic rings. The standard InChI is InChI=1S/C28H31N3O6S2/c1-37-27-16-15-24(38(33,34)30-17-5-2-6-18-30)20-25(27)29-28(32)22-11-13-23(14-12-22)39(35,36)31-19-7-9-21-8-3-4-10-26(21)31/h3-4,8,10-16,20H,2,5-7,9,17-19H2,1H3,(H,29,32). The van der Waals surface area contributed by atoms with E-state index in [2.05, 4.69) is 5.32 Å². The summed E-state index contributed by atoms with van der Waals surface area (Å²) in [6.07, 6.45) is 4.18. The van der Waals surface area contributed by atoms with Crippen LogP contribution < -0.4 is 14.4 Å². The summed E-state index contributed by atoms with van der Waals surface area (Å²) < 4.78 is 61.3. The van der Waals surface area contributed by atoms with Gasteiger partial charge in [-0.1, -0.05) is 24.6 Å². The molecule has 5 rings (SSSR count). The van der Waals surface area contributed by atoms with Crippen LogP contribution in [0.2, 0.25) is 0 Å². The van der Waals surface area contributed by atoms with Gasteiger partial charge in [-0.2, -0.15) is 4.31 Å². The van der Waals surface area contributed by atoms with E-state index in [1.54, 1.807) is 6.07 Å². The third kappa shape index (κ3) is 5.39. The average Bonchev–Trinajstić information content (AvgIpc) is 2.97. The Morgan fingerprint density at radius 3 is 2.21 bits per heavy atom. The molecular formula is C28H31N3O6S2. The first-order chi connectivity index (χ1) is 18.7. The van der Waals surface area contributed by atoms with Crippen LogP contribution in [0.15, 0.2) is 76.5 Å². The predicted molar refractivity (Wildman–Crippen MR) is 149 cm³/mol. The summed E-state index contributed by atoms with van der Waals surface area (Å²) >= 11 is 0. The van der Waals surface area contributed by atoms with Crippen LogP contribution in [0.25, 0.3) is 0 Å². The Balaban J connectivity index is 1.37. The second kappa shape index (κ2) is 11.0. The predicted octanol–water partition coefficient (Wildman–Crippen LogP) is 4.26. The highest BCUT2D eigenvalue weighted by molar-refractivity contribution is 7.92. The summed E-state index contributed by atoms with van der Waals surface area (Å²) in [4.78, 5) is 13.2. The molecule has 3 aromatic rings. The molecule has 0 radical (unpaired) electrons. The Morgan fingerprint density at radius 1 is 0.795 bits per heavy atom. The van der Waals surface area contributed by atoms with Gasteiger partial charge in [0.15, 0.2) is 0 Å². The van der Waals surface area contributed by atoms with E-state index in [4.69, 9.17) is 4.74 Å². The Hall–Kier alpha value is -3.41. The number of nitrogens with one attached hydrogen (secondary N) is 1. The normalized spacial score (nSPS) is 16.4. The minimum absolute atomic E-state index is 0.0729. The number of benzene rings is 3. The number of anilines is 2. The smallest absolute Gasteiger partial charge is 0.264 e. The van der Waals surface area contributed by atoms with Crippen molar-refractivity contribution in [2.24, 2.45) is 0 Å². The SMILES string of the molecule is COc1ccc(S(=O)(=O)N2CCCCC2)cc1NC(=O)c1ccc(S(=O)(=O)N2CCCc3ccccc32)cc1. The molecule has 1 saturated heterocycles. The fraction of sp³-hybridized carbons (Fsp3) is 0.321. The van der Waals surface area contributed by atoms with Crippen LogP contribution in [0.5, 0.6) is 5.75 Å². The fourth-order valence-electron chi connectivity index (χ4n) is 5.05. The number of piperidine rings is 1. The lowest BCUT2D eigenvalue weighted by Gasteiger charge is -2.30. The van der Waals surface area contributed by atoms with Gasteiger partial charge >= 0.3 is 0 Å². The molecule has 0 saturated carbocycles. The van der Waals surface area contributed by atoms with Crippen molar-refractivity contribution in [1.82, 2.24) is 4.31 Å². The third-order valence-electron chi connectivity index (χ3n) is 7.14. The first-order valence-corrected chi connectivity index (χ1v) is 15.8. The first kappa shape index (κ1) is 27.2. The topological polar surface area (TPSA) is 113 Å². The molecule has 0 aromatic heterocycles. The summed E-state index contributed by atoms with van der Waals surface area (Å²) in [6, 6.07) is 17.6. The number of carbonyl (C=O) groups is 1. The molecule has 0 bridgehead atoms. The molecule has 11 heteroatoms. The molecule has 1 amide bonds. The molecule has 2 aliphatic heterocycles. The van der Waals surface area contributed by atoms with Crippen molar-refractivity contribution in [2.45, 2.75) is 41.9 Å². The minimum atomic E-state index is -3.81. The molecule has 206 valence electrons. The van der Waals surface area contributed by atoms with Crippen molar-refractivity contribution < 1.29 is 26.4 Å². The van der Waals surface area contributed by atoms with Crippen LogP contribution in [-0.4, -0.2) is 53.8 Å².